The fraction of sp³-hybridized carbons (Fsp3) is 0.708. The Hall–Kier alpha value is -1.99. The minimum atomic E-state index is 0.0205. The third kappa shape index (κ3) is 6.74. The Morgan fingerprint density at radius 2 is 1.94 bits per heavy atom. The normalized spacial score (nSPS) is 18.8. The number of rotatable bonds is 9. The molecule has 1 saturated carbocycles. The molecule has 1 heterocycles. The number of hydrogen-bond acceptors (Lipinski definition) is 5. The van der Waals surface area contributed by atoms with Crippen LogP contribution in [0, 0.1) is 0 Å². The number of ether oxygens (including phenoxy) is 3. The van der Waals surface area contributed by atoms with Gasteiger partial charge < -0.3 is 24.8 Å². The highest BCUT2D eigenvalue weighted by Crippen LogP contribution is 2.35. The van der Waals surface area contributed by atoms with E-state index in [1.807, 2.05) is 12.1 Å². The molecule has 1 aromatic rings. The van der Waals surface area contributed by atoms with E-state index in [-0.39, 0.29) is 11.6 Å². The van der Waals surface area contributed by atoms with Crippen LogP contribution in [-0.4, -0.2) is 69.0 Å². The van der Waals surface area contributed by atoms with Crippen LogP contribution in [0.3, 0.4) is 0 Å². The van der Waals surface area contributed by atoms with Crippen molar-refractivity contribution in [3.05, 3.63) is 23.8 Å². The van der Waals surface area contributed by atoms with Crippen LogP contribution < -0.4 is 20.1 Å². The molecule has 0 atom stereocenters. The van der Waals surface area contributed by atoms with Crippen LogP contribution in [0.15, 0.2) is 23.2 Å². The van der Waals surface area contributed by atoms with Gasteiger partial charge in [0.25, 0.3) is 0 Å². The molecule has 174 valence electrons. The number of morpholine rings is 1. The molecule has 1 aliphatic heterocycles. The van der Waals surface area contributed by atoms with Crippen LogP contribution in [0.25, 0.3) is 0 Å². The molecule has 2 aliphatic rings. The summed E-state index contributed by atoms with van der Waals surface area (Å²) in [5.41, 5.74) is 1.07. The minimum Gasteiger partial charge on any atom is -0.493 e. The topological polar surface area (TPSA) is 67.4 Å². The zero-order valence-corrected chi connectivity index (χ0v) is 19.7. The van der Waals surface area contributed by atoms with Crippen LogP contribution in [-0.2, 0) is 11.3 Å². The van der Waals surface area contributed by atoms with Gasteiger partial charge in [0.15, 0.2) is 17.5 Å². The third-order valence-electron chi connectivity index (χ3n) is 6.17. The molecule has 1 aliphatic carbocycles. The summed E-state index contributed by atoms with van der Waals surface area (Å²) in [6, 6.07) is 6.05. The van der Waals surface area contributed by atoms with Crippen LogP contribution in [0.4, 0.5) is 0 Å². The molecule has 0 radical (unpaired) electrons. The van der Waals surface area contributed by atoms with Crippen LogP contribution in [0.1, 0.15) is 52.0 Å². The average molecular weight is 433 g/mol. The molecule has 2 fully saturated rings. The standard InChI is InChI=1S/C24H40N4O3/c1-5-25-23(27-18-24(2,3)28-13-15-30-16-14-28)26-17-19-9-8-12-21(29-4)22(19)31-20-10-6-7-11-20/h8-9,12,20H,5-7,10-11,13-18H2,1-4H3,(H2,25,26,27). The first kappa shape index (κ1) is 23.7. The maximum absolute atomic E-state index is 6.36. The molecular weight excluding hydrogens is 392 g/mol. The molecule has 0 aromatic heterocycles. The average Bonchev–Trinajstić information content (AvgIpc) is 3.30. The number of guanidine groups is 1. The van der Waals surface area contributed by atoms with Crippen molar-refractivity contribution >= 4 is 5.96 Å². The molecule has 31 heavy (non-hydrogen) atoms. The molecule has 0 bridgehead atoms. The van der Waals surface area contributed by atoms with Gasteiger partial charge in [0.05, 0.1) is 33.0 Å². The molecule has 2 N–H and O–H groups in total. The lowest BCUT2D eigenvalue weighted by Gasteiger charge is -2.41. The SMILES string of the molecule is CCNC(=NCc1cccc(OC)c1OC1CCCC1)NCC(C)(C)N1CCOCC1. The van der Waals surface area contributed by atoms with E-state index in [9.17, 15) is 0 Å². The van der Waals surface area contributed by atoms with Crippen molar-refractivity contribution in [3.8, 4) is 11.5 Å². The molecule has 3 rings (SSSR count). The summed E-state index contributed by atoms with van der Waals surface area (Å²) in [5.74, 6) is 2.44. The lowest BCUT2D eigenvalue weighted by Crippen LogP contribution is -2.56. The van der Waals surface area contributed by atoms with E-state index in [0.717, 1.165) is 75.3 Å². The zero-order chi connectivity index (χ0) is 22.1. The minimum absolute atomic E-state index is 0.0205. The van der Waals surface area contributed by atoms with E-state index in [2.05, 4.69) is 42.4 Å². The van der Waals surface area contributed by atoms with E-state index in [4.69, 9.17) is 19.2 Å². The number of hydrogen-bond donors (Lipinski definition) is 2. The van der Waals surface area contributed by atoms with Gasteiger partial charge in [-0.2, -0.15) is 0 Å². The predicted molar refractivity (Wildman–Crippen MR) is 125 cm³/mol. The summed E-state index contributed by atoms with van der Waals surface area (Å²) >= 11 is 0. The Morgan fingerprint density at radius 1 is 1.19 bits per heavy atom. The summed E-state index contributed by atoms with van der Waals surface area (Å²) in [5, 5.41) is 6.91. The van der Waals surface area contributed by atoms with Gasteiger partial charge in [-0.1, -0.05) is 12.1 Å². The molecule has 0 spiro atoms. The van der Waals surface area contributed by atoms with Crippen molar-refractivity contribution in [2.24, 2.45) is 4.99 Å². The lowest BCUT2D eigenvalue weighted by molar-refractivity contribution is -0.00834. The second kappa shape index (κ2) is 11.6. The summed E-state index contributed by atoms with van der Waals surface area (Å²) in [6.07, 6.45) is 4.98. The molecule has 1 saturated heterocycles. The van der Waals surface area contributed by atoms with Crippen molar-refractivity contribution in [2.75, 3.05) is 46.5 Å². The van der Waals surface area contributed by atoms with Gasteiger partial charge in [-0.25, -0.2) is 4.99 Å². The third-order valence-corrected chi connectivity index (χ3v) is 6.17. The van der Waals surface area contributed by atoms with Crippen molar-refractivity contribution < 1.29 is 14.2 Å². The first-order valence-corrected chi connectivity index (χ1v) is 11.7. The summed E-state index contributed by atoms with van der Waals surface area (Å²) < 4.78 is 17.5. The Bertz CT molecular complexity index is 711. The van der Waals surface area contributed by atoms with E-state index in [0.29, 0.717) is 6.54 Å². The van der Waals surface area contributed by atoms with Gasteiger partial charge >= 0.3 is 0 Å². The molecule has 7 heteroatoms. The highest BCUT2D eigenvalue weighted by atomic mass is 16.5. The fourth-order valence-electron chi connectivity index (χ4n) is 4.24. The summed E-state index contributed by atoms with van der Waals surface area (Å²) in [7, 11) is 1.70. The maximum atomic E-state index is 6.36. The molecule has 7 nitrogen and oxygen atoms in total. The number of nitrogens with one attached hydrogen (secondary N) is 2. The summed E-state index contributed by atoms with van der Waals surface area (Å²) in [6.45, 7) is 12.3. The van der Waals surface area contributed by atoms with Gasteiger partial charge in [-0.3, -0.25) is 4.90 Å². The zero-order valence-electron chi connectivity index (χ0n) is 19.7. The number of para-hydroxylation sites is 1. The van der Waals surface area contributed by atoms with E-state index >= 15 is 0 Å². The molecule has 0 unspecified atom stereocenters. The highest BCUT2D eigenvalue weighted by Gasteiger charge is 2.28. The van der Waals surface area contributed by atoms with Crippen molar-refractivity contribution in [3.63, 3.8) is 0 Å². The Morgan fingerprint density at radius 3 is 2.61 bits per heavy atom. The quantitative estimate of drug-likeness (QED) is 0.462. The second-order valence-corrected chi connectivity index (χ2v) is 8.93. The van der Waals surface area contributed by atoms with Crippen molar-refractivity contribution in [2.45, 2.75) is 64.6 Å². The Labute approximate surface area is 187 Å². The largest absolute Gasteiger partial charge is 0.493 e. The fourth-order valence-corrected chi connectivity index (χ4v) is 4.24. The number of benzene rings is 1. The lowest BCUT2D eigenvalue weighted by atomic mass is 10.0. The van der Waals surface area contributed by atoms with Gasteiger partial charge in [-0.15, -0.1) is 0 Å². The number of methoxy groups -OCH3 is 1. The van der Waals surface area contributed by atoms with E-state index < -0.39 is 0 Å². The Balaban J connectivity index is 1.68. The van der Waals surface area contributed by atoms with Crippen molar-refractivity contribution in [1.29, 1.82) is 0 Å². The van der Waals surface area contributed by atoms with E-state index in [1.54, 1.807) is 7.11 Å². The molecule has 0 amide bonds. The second-order valence-electron chi connectivity index (χ2n) is 8.93. The first-order chi connectivity index (χ1) is 15.0. The maximum Gasteiger partial charge on any atom is 0.191 e. The smallest absolute Gasteiger partial charge is 0.191 e. The monoisotopic (exact) mass is 432 g/mol. The number of nitrogens with zero attached hydrogens (tertiary/aromatic N) is 2. The van der Waals surface area contributed by atoms with Crippen LogP contribution >= 0.6 is 0 Å². The van der Waals surface area contributed by atoms with Gasteiger partial charge in [0.2, 0.25) is 0 Å². The predicted octanol–water partition coefficient (Wildman–Crippen LogP) is 3.18. The highest BCUT2D eigenvalue weighted by molar-refractivity contribution is 5.79. The van der Waals surface area contributed by atoms with Gasteiger partial charge in [0, 0.05) is 37.3 Å². The van der Waals surface area contributed by atoms with E-state index in [1.165, 1.54) is 12.8 Å². The number of aliphatic imine (C=N–C) groups is 1. The molecular formula is C24H40N4O3. The van der Waals surface area contributed by atoms with Gasteiger partial charge in [-0.05, 0) is 52.5 Å². The van der Waals surface area contributed by atoms with Crippen LogP contribution in [0.5, 0.6) is 11.5 Å². The molecule has 1 aromatic carbocycles. The van der Waals surface area contributed by atoms with Crippen molar-refractivity contribution in [1.82, 2.24) is 15.5 Å². The summed E-state index contributed by atoms with van der Waals surface area (Å²) in [4.78, 5) is 7.33. The van der Waals surface area contributed by atoms with Gasteiger partial charge in [0.1, 0.15) is 0 Å². The van der Waals surface area contributed by atoms with Crippen LogP contribution in [0.2, 0.25) is 0 Å². The first-order valence-electron chi connectivity index (χ1n) is 11.7. The Kier molecular flexibility index (Phi) is 8.84.